The first-order valence-corrected chi connectivity index (χ1v) is 6.50. The van der Waals surface area contributed by atoms with E-state index in [9.17, 15) is 4.79 Å². The number of ether oxygens (including phenoxy) is 1. The lowest BCUT2D eigenvalue weighted by Gasteiger charge is -2.37. The van der Waals surface area contributed by atoms with Crippen LogP contribution in [0.15, 0.2) is 24.3 Å². The lowest BCUT2D eigenvalue weighted by molar-refractivity contribution is -0.143. The van der Waals surface area contributed by atoms with Gasteiger partial charge >= 0.3 is 5.97 Å². The van der Waals surface area contributed by atoms with Gasteiger partial charge in [-0.1, -0.05) is 29.8 Å². The predicted molar refractivity (Wildman–Crippen MR) is 71.6 cm³/mol. The number of carbonyl (C=O) groups excluding carboxylic acids is 1. The summed E-state index contributed by atoms with van der Waals surface area (Å²) in [6, 6.07) is 8.96. The van der Waals surface area contributed by atoms with Gasteiger partial charge in [-0.15, -0.1) is 0 Å². The Bertz CT molecular complexity index is 407. The largest absolute Gasteiger partial charge is 0.468 e. The van der Waals surface area contributed by atoms with Crippen molar-refractivity contribution in [2.24, 2.45) is 0 Å². The molecule has 98 valence electrons. The summed E-state index contributed by atoms with van der Waals surface area (Å²) in [5, 5.41) is 3.30. The van der Waals surface area contributed by atoms with Crippen molar-refractivity contribution < 1.29 is 9.53 Å². The first-order chi connectivity index (χ1) is 8.60. The van der Waals surface area contributed by atoms with Crippen molar-refractivity contribution >= 4 is 5.97 Å². The number of rotatable bonds is 4. The van der Waals surface area contributed by atoms with E-state index in [4.69, 9.17) is 4.74 Å². The summed E-state index contributed by atoms with van der Waals surface area (Å²) in [6.45, 7) is 3.96. The van der Waals surface area contributed by atoms with Crippen molar-refractivity contribution in [1.82, 2.24) is 5.32 Å². The quantitative estimate of drug-likeness (QED) is 0.830. The normalized spacial score (nSPS) is 24.2. The van der Waals surface area contributed by atoms with Gasteiger partial charge in [0.1, 0.15) is 6.04 Å². The summed E-state index contributed by atoms with van der Waals surface area (Å²) < 4.78 is 4.70. The van der Waals surface area contributed by atoms with E-state index in [1.807, 2.05) is 6.92 Å². The summed E-state index contributed by atoms with van der Waals surface area (Å²) in [5.41, 5.74) is 2.71. The fourth-order valence-electron chi connectivity index (χ4n) is 2.46. The molecule has 3 nitrogen and oxygen atoms in total. The fraction of sp³-hybridized carbons (Fsp3) is 0.533. The second-order valence-corrected chi connectivity index (χ2v) is 5.19. The third-order valence-corrected chi connectivity index (χ3v) is 3.73. The maximum Gasteiger partial charge on any atom is 0.322 e. The van der Waals surface area contributed by atoms with E-state index in [2.05, 4.69) is 36.5 Å². The Hall–Kier alpha value is -1.35. The second kappa shape index (κ2) is 5.53. The zero-order valence-electron chi connectivity index (χ0n) is 11.3. The summed E-state index contributed by atoms with van der Waals surface area (Å²) in [7, 11) is 1.43. The molecular formula is C15H21NO2. The van der Waals surface area contributed by atoms with Gasteiger partial charge in [0.05, 0.1) is 7.11 Å². The number of carbonyl (C=O) groups is 1. The number of methoxy groups -OCH3 is 1. The third kappa shape index (κ3) is 2.91. The van der Waals surface area contributed by atoms with Gasteiger partial charge in [0.15, 0.2) is 0 Å². The highest BCUT2D eigenvalue weighted by molar-refractivity contribution is 5.75. The van der Waals surface area contributed by atoms with Crippen molar-refractivity contribution in [2.75, 3.05) is 7.11 Å². The van der Waals surface area contributed by atoms with Gasteiger partial charge in [0.2, 0.25) is 0 Å². The molecule has 0 amide bonds. The van der Waals surface area contributed by atoms with E-state index in [0.717, 1.165) is 12.8 Å². The summed E-state index contributed by atoms with van der Waals surface area (Å²) in [4.78, 5) is 11.3. The minimum Gasteiger partial charge on any atom is -0.468 e. The van der Waals surface area contributed by atoms with Gasteiger partial charge in [-0.05, 0) is 38.2 Å². The molecule has 18 heavy (non-hydrogen) atoms. The number of nitrogens with one attached hydrogen (secondary N) is 1. The van der Waals surface area contributed by atoms with Crippen LogP contribution in [0.1, 0.15) is 36.8 Å². The topological polar surface area (TPSA) is 38.3 Å². The highest BCUT2D eigenvalue weighted by Gasteiger charge is 2.32. The molecule has 1 fully saturated rings. The summed E-state index contributed by atoms with van der Waals surface area (Å²) >= 11 is 0. The molecule has 0 unspecified atom stereocenters. The number of aryl methyl sites for hydroxylation is 1. The highest BCUT2D eigenvalue weighted by Crippen LogP contribution is 2.37. The first-order valence-electron chi connectivity index (χ1n) is 6.50. The molecule has 1 atom stereocenters. The lowest BCUT2D eigenvalue weighted by atomic mass is 9.75. The van der Waals surface area contributed by atoms with Gasteiger partial charge in [0, 0.05) is 6.04 Å². The van der Waals surface area contributed by atoms with Crippen LogP contribution in [0.5, 0.6) is 0 Å². The molecule has 0 aromatic heterocycles. The first kappa shape index (κ1) is 13.1. The van der Waals surface area contributed by atoms with Crippen LogP contribution in [0.4, 0.5) is 0 Å². The molecule has 0 bridgehead atoms. The van der Waals surface area contributed by atoms with Crippen LogP contribution < -0.4 is 5.32 Å². The molecular weight excluding hydrogens is 226 g/mol. The molecule has 1 aromatic carbocycles. The molecule has 0 heterocycles. The molecule has 1 aliphatic carbocycles. The van der Waals surface area contributed by atoms with E-state index in [1.54, 1.807) is 0 Å². The van der Waals surface area contributed by atoms with Crippen LogP contribution in [0.2, 0.25) is 0 Å². The Morgan fingerprint density at radius 2 is 1.94 bits per heavy atom. The van der Waals surface area contributed by atoms with Crippen LogP contribution in [-0.4, -0.2) is 25.2 Å². The Labute approximate surface area is 109 Å². The van der Waals surface area contributed by atoms with Crippen LogP contribution in [0.3, 0.4) is 0 Å². The number of esters is 1. The maximum absolute atomic E-state index is 11.3. The zero-order valence-corrected chi connectivity index (χ0v) is 11.3. The average molecular weight is 247 g/mol. The average Bonchev–Trinajstić information content (AvgIpc) is 2.33. The SMILES string of the molecule is COC(=O)[C@H](C)NC1CC(c2ccc(C)cc2)C1. The minimum atomic E-state index is -0.209. The molecule has 1 saturated carbocycles. The molecule has 1 N–H and O–H groups in total. The Morgan fingerprint density at radius 3 is 2.50 bits per heavy atom. The van der Waals surface area contributed by atoms with Crippen molar-refractivity contribution in [3.63, 3.8) is 0 Å². The van der Waals surface area contributed by atoms with E-state index in [0.29, 0.717) is 12.0 Å². The number of benzene rings is 1. The third-order valence-electron chi connectivity index (χ3n) is 3.73. The molecule has 3 heteroatoms. The monoisotopic (exact) mass is 247 g/mol. The fourth-order valence-corrected chi connectivity index (χ4v) is 2.46. The van der Waals surface area contributed by atoms with E-state index < -0.39 is 0 Å². The van der Waals surface area contributed by atoms with E-state index in [-0.39, 0.29) is 12.0 Å². The number of hydrogen-bond donors (Lipinski definition) is 1. The van der Waals surface area contributed by atoms with Gasteiger partial charge in [0.25, 0.3) is 0 Å². The maximum atomic E-state index is 11.3. The predicted octanol–water partition coefficient (Wildman–Crippen LogP) is 2.39. The van der Waals surface area contributed by atoms with Crippen LogP contribution in [-0.2, 0) is 9.53 Å². The van der Waals surface area contributed by atoms with Gasteiger partial charge < -0.3 is 10.1 Å². The molecule has 1 aliphatic rings. The smallest absolute Gasteiger partial charge is 0.322 e. The highest BCUT2D eigenvalue weighted by atomic mass is 16.5. The Kier molecular flexibility index (Phi) is 4.02. The van der Waals surface area contributed by atoms with Crippen LogP contribution in [0.25, 0.3) is 0 Å². The molecule has 2 rings (SSSR count). The van der Waals surface area contributed by atoms with Gasteiger partial charge in [-0.25, -0.2) is 0 Å². The van der Waals surface area contributed by atoms with Crippen molar-refractivity contribution in [2.45, 2.75) is 44.7 Å². The van der Waals surface area contributed by atoms with Crippen LogP contribution in [0, 0.1) is 6.92 Å². The van der Waals surface area contributed by atoms with Crippen molar-refractivity contribution in [3.8, 4) is 0 Å². The lowest BCUT2D eigenvalue weighted by Crippen LogP contribution is -2.47. The molecule has 0 aliphatic heterocycles. The Morgan fingerprint density at radius 1 is 1.33 bits per heavy atom. The summed E-state index contributed by atoms with van der Waals surface area (Å²) in [6.07, 6.45) is 2.20. The van der Waals surface area contributed by atoms with Gasteiger partial charge in [-0.3, -0.25) is 4.79 Å². The van der Waals surface area contributed by atoms with Crippen molar-refractivity contribution in [3.05, 3.63) is 35.4 Å². The van der Waals surface area contributed by atoms with Crippen molar-refractivity contribution in [1.29, 1.82) is 0 Å². The van der Waals surface area contributed by atoms with Crippen LogP contribution >= 0.6 is 0 Å². The number of hydrogen-bond acceptors (Lipinski definition) is 3. The minimum absolute atomic E-state index is 0.186. The molecule has 0 saturated heterocycles. The zero-order chi connectivity index (χ0) is 13.1. The molecule has 0 radical (unpaired) electrons. The molecule has 1 aromatic rings. The second-order valence-electron chi connectivity index (χ2n) is 5.19. The Balaban J connectivity index is 1.80. The molecule has 0 spiro atoms. The standard InChI is InChI=1S/C15H21NO2/c1-10-4-6-12(7-5-10)13-8-14(9-13)16-11(2)15(17)18-3/h4-7,11,13-14,16H,8-9H2,1-3H3/t11-,13?,14?/m0/s1. The van der Waals surface area contributed by atoms with E-state index >= 15 is 0 Å². The van der Waals surface area contributed by atoms with Gasteiger partial charge in [-0.2, -0.15) is 0 Å². The van der Waals surface area contributed by atoms with E-state index in [1.165, 1.54) is 18.2 Å². The summed E-state index contributed by atoms with van der Waals surface area (Å²) in [5.74, 6) is 0.446.